The summed E-state index contributed by atoms with van der Waals surface area (Å²) >= 11 is 0. The molecule has 2 aromatic rings. The van der Waals surface area contributed by atoms with Gasteiger partial charge in [-0.05, 0) is 44.4 Å². The summed E-state index contributed by atoms with van der Waals surface area (Å²) in [5.41, 5.74) is 2.30. The number of benzene rings is 1. The minimum absolute atomic E-state index is 0.323. The number of nitrogens with zero attached hydrogens (tertiary/aromatic N) is 3. The van der Waals surface area contributed by atoms with E-state index < -0.39 is 0 Å². The summed E-state index contributed by atoms with van der Waals surface area (Å²) in [6.07, 6.45) is 2.37. The molecule has 1 aliphatic rings. The van der Waals surface area contributed by atoms with Crippen LogP contribution in [0.2, 0.25) is 0 Å². The molecule has 0 aliphatic carbocycles. The third kappa shape index (κ3) is 2.72. The summed E-state index contributed by atoms with van der Waals surface area (Å²) in [5.74, 6) is 1.55. The maximum absolute atomic E-state index is 9.30. The van der Waals surface area contributed by atoms with Gasteiger partial charge in [-0.15, -0.1) is 0 Å². The van der Waals surface area contributed by atoms with Crippen molar-refractivity contribution in [2.75, 3.05) is 26.2 Å². The van der Waals surface area contributed by atoms with Crippen LogP contribution in [0.4, 0.5) is 0 Å². The van der Waals surface area contributed by atoms with Gasteiger partial charge >= 0.3 is 0 Å². The first-order valence-corrected chi connectivity index (χ1v) is 7.53. The standard InChI is InChI=1S/C16H23N3O/c1-13-17-15-6-2-3-7-16(15)19(13)10-9-18-8-4-5-14(11-18)12-20/h2-3,6-7,14,20H,4-5,8-12H2,1H3. The minimum atomic E-state index is 0.323. The Bertz CT molecular complexity index is 578. The van der Waals surface area contributed by atoms with Crippen LogP contribution in [-0.4, -0.2) is 45.8 Å². The number of para-hydroxylation sites is 2. The van der Waals surface area contributed by atoms with Gasteiger partial charge in [-0.2, -0.15) is 0 Å². The number of aryl methyl sites for hydroxylation is 1. The highest BCUT2D eigenvalue weighted by Crippen LogP contribution is 2.18. The molecule has 0 saturated carbocycles. The van der Waals surface area contributed by atoms with E-state index in [-0.39, 0.29) is 0 Å². The highest BCUT2D eigenvalue weighted by atomic mass is 16.3. The Morgan fingerprint density at radius 2 is 2.15 bits per heavy atom. The van der Waals surface area contributed by atoms with E-state index in [1.807, 2.05) is 6.07 Å². The summed E-state index contributed by atoms with van der Waals surface area (Å²) in [4.78, 5) is 7.08. The molecule has 2 heterocycles. The average Bonchev–Trinajstić information content (AvgIpc) is 2.81. The van der Waals surface area contributed by atoms with Gasteiger partial charge in [0.25, 0.3) is 0 Å². The maximum atomic E-state index is 9.30. The smallest absolute Gasteiger partial charge is 0.106 e. The quantitative estimate of drug-likeness (QED) is 0.927. The van der Waals surface area contributed by atoms with E-state index in [4.69, 9.17) is 0 Å². The number of imidazole rings is 1. The molecule has 4 heteroatoms. The van der Waals surface area contributed by atoms with Crippen LogP contribution in [0, 0.1) is 12.8 Å². The van der Waals surface area contributed by atoms with Gasteiger partial charge in [0.05, 0.1) is 11.0 Å². The number of hydrogen-bond donors (Lipinski definition) is 1. The van der Waals surface area contributed by atoms with Crippen LogP contribution in [0.15, 0.2) is 24.3 Å². The zero-order valence-corrected chi connectivity index (χ0v) is 12.1. The number of piperidine rings is 1. The normalized spacial score (nSPS) is 20.6. The molecule has 1 aromatic heterocycles. The van der Waals surface area contributed by atoms with Crippen molar-refractivity contribution in [3.8, 4) is 0 Å². The molecule has 0 amide bonds. The van der Waals surface area contributed by atoms with Crippen LogP contribution in [0.5, 0.6) is 0 Å². The Morgan fingerprint density at radius 3 is 3.00 bits per heavy atom. The van der Waals surface area contributed by atoms with E-state index in [2.05, 4.69) is 39.6 Å². The molecule has 1 fully saturated rings. The van der Waals surface area contributed by atoms with Crippen LogP contribution in [0.1, 0.15) is 18.7 Å². The van der Waals surface area contributed by atoms with Crippen molar-refractivity contribution in [2.45, 2.75) is 26.3 Å². The average molecular weight is 273 g/mol. The van der Waals surface area contributed by atoms with Gasteiger partial charge < -0.3 is 14.6 Å². The number of aromatic nitrogens is 2. The SMILES string of the molecule is Cc1nc2ccccc2n1CCN1CCCC(CO)C1. The molecule has 20 heavy (non-hydrogen) atoms. The van der Waals surface area contributed by atoms with Crippen molar-refractivity contribution in [3.63, 3.8) is 0 Å². The van der Waals surface area contributed by atoms with Gasteiger partial charge in [-0.1, -0.05) is 12.1 Å². The second-order valence-electron chi connectivity index (χ2n) is 5.79. The Kier molecular flexibility index (Phi) is 4.03. The molecule has 1 N–H and O–H groups in total. The fourth-order valence-corrected chi connectivity index (χ4v) is 3.22. The lowest BCUT2D eigenvalue weighted by Gasteiger charge is -2.31. The molecule has 0 bridgehead atoms. The Balaban J connectivity index is 1.69. The highest BCUT2D eigenvalue weighted by molar-refractivity contribution is 5.75. The first kappa shape index (κ1) is 13.6. The molecule has 108 valence electrons. The van der Waals surface area contributed by atoms with E-state index in [0.29, 0.717) is 12.5 Å². The van der Waals surface area contributed by atoms with Crippen LogP contribution >= 0.6 is 0 Å². The summed E-state index contributed by atoms with van der Waals surface area (Å²) in [5, 5.41) is 9.30. The molecule has 4 nitrogen and oxygen atoms in total. The summed E-state index contributed by atoms with van der Waals surface area (Å²) in [6.45, 7) is 6.60. The molecule has 1 saturated heterocycles. The van der Waals surface area contributed by atoms with Crippen LogP contribution < -0.4 is 0 Å². The molecule has 1 atom stereocenters. The second-order valence-corrected chi connectivity index (χ2v) is 5.79. The van der Waals surface area contributed by atoms with E-state index in [1.165, 1.54) is 18.4 Å². The lowest BCUT2D eigenvalue weighted by atomic mass is 9.99. The molecular weight excluding hydrogens is 250 g/mol. The predicted octanol–water partition coefficient (Wildman–Crippen LogP) is 2.05. The van der Waals surface area contributed by atoms with Crippen LogP contribution in [0.25, 0.3) is 11.0 Å². The third-order valence-corrected chi connectivity index (χ3v) is 4.35. The fraction of sp³-hybridized carbons (Fsp3) is 0.562. The number of rotatable bonds is 4. The van der Waals surface area contributed by atoms with Gasteiger partial charge in [0, 0.05) is 26.2 Å². The van der Waals surface area contributed by atoms with Gasteiger partial charge in [0.15, 0.2) is 0 Å². The van der Waals surface area contributed by atoms with Gasteiger partial charge in [0.2, 0.25) is 0 Å². The molecule has 1 aromatic carbocycles. The van der Waals surface area contributed by atoms with E-state index >= 15 is 0 Å². The van der Waals surface area contributed by atoms with E-state index in [0.717, 1.165) is 37.5 Å². The molecule has 0 radical (unpaired) electrons. The number of aliphatic hydroxyl groups excluding tert-OH is 1. The Hall–Kier alpha value is -1.39. The summed E-state index contributed by atoms with van der Waals surface area (Å²) < 4.78 is 2.30. The zero-order valence-electron chi connectivity index (χ0n) is 12.1. The largest absolute Gasteiger partial charge is 0.396 e. The highest BCUT2D eigenvalue weighted by Gasteiger charge is 2.19. The predicted molar refractivity (Wildman–Crippen MR) is 80.7 cm³/mol. The van der Waals surface area contributed by atoms with Crippen molar-refractivity contribution in [3.05, 3.63) is 30.1 Å². The zero-order chi connectivity index (χ0) is 13.9. The Morgan fingerprint density at radius 1 is 1.30 bits per heavy atom. The maximum Gasteiger partial charge on any atom is 0.106 e. The number of fused-ring (bicyclic) bond motifs is 1. The fourth-order valence-electron chi connectivity index (χ4n) is 3.22. The van der Waals surface area contributed by atoms with Crippen molar-refractivity contribution >= 4 is 11.0 Å². The summed E-state index contributed by atoms with van der Waals surface area (Å²) in [6, 6.07) is 8.32. The number of hydrogen-bond acceptors (Lipinski definition) is 3. The number of aliphatic hydroxyl groups is 1. The minimum Gasteiger partial charge on any atom is -0.396 e. The van der Waals surface area contributed by atoms with Crippen molar-refractivity contribution in [2.24, 2.45) is 5.92 Å². The lowest BCUT2D eigenvalue weighted by Crippen LogP contribution is -2.38. The molecular formula is C16H23N3O. The summed E-state index contributed by atoms with van der Waals surface area (Å²) in [7, 11) is 0. The van der Waals surface area contributed by atoms with Crippen molar-refractivity contribution < 1.29 is 5.11 Å². The Labute approximate surface area is 120 Å². The van der Waals surface area contributed by atoms with Crippen molar-refractivity contribution in [1.29, 1.82) is 0 Å². The first-order valence-electron chi connectivity index (χ1n) is 7.53. The van der Waals surface area contributed by atoms with Gasteiger partial charge in [-0.3, -0.25) is 0 Å². The molecule has 1 aliphatic heterocycles. The monoisotopic (exact) mass is 273 g/mol. The third-order valence-electron chi connectivity index (χ3n) is 4.35. The van der Waals surface area contributed by atoms with Crippen LogP contribution in [0.3, 0.4) is 0 Å². The first-order chi connectivity index (χ1) is 9.78. The van der Waals surface area contributed by atoms with Crippen LogP contribution in [-0.2, 0) is 6.54 Å². The van der Waals surface area contributed by atoms with Crippen molar-refractivity contribution in [1.82, 2.24) is 14.5 Å². The van der Waals surface area contributed by atoms with Gasteiger partial charge in [-0.25, -0.2) is 4.98 Å². The number of likely N-dealkylation sites (tertiary alicyclic amines) is 1. The van der Waals surface area contributed by atoms with Gasteiger partial charge in [0.1, 0.15) is 5.82 Å². The van der Waals surface area contributed by atoms with E-state index in [9.17, 15) is 5.11 Å². The molecule has 1 unspecified atom stereocenters. The molecule has 3 rings (SSSR count). The molecule has 0 spiro atoms. The second kappa shape index (κ2) is 5.94. The lowest BCUT2D eigenvalue weighted by molar-refractivity contribution is 0.118. The van der Waals surface area contributed by atoms with E-state index in [1.54, 1.807) is 0 Å². The topological polar surface area (TPSA) is 41.3 Å².